The van der Waals surface area contributed by atoms with Crippen LogP contribution in [0.5, 0.6) is 0 Å². The number of carbonyl (C=O) groups excluding carboxylic acids is 2. The van der Waals surface area contributed by atoms with E-state index in [9.17, 15) is 9.59 Å². The Hall–Kier alpha value is -2.47. The van der Waals surface area contributed by atoms with E-state index in [2.05, 4.69) is 5.32 Å². The van der Waals surface area contributed by atoms with Crippen molar-refractivity contribution in [3.8, 4) is 11.1 Å². The van der Waals surface area contributed by atoms with Crippen molar-refractivity contribution in [2.75, 3.05) is 26.8 Å². The Morgan fingerprint density at radius 3 is 2.43 bits per heavy atom. The molecule has 1 heterocycles. The number of hydrogen-bond donors (Lipinski definition) is 1. The third-order valence-electron chi connectivity index (χ3n) is 4.76. The molecule has 6 heteroatoms. The lowest BCUT2D eigenvalue weighted by Gasteiger charge is -2.24. The predicted molar refractivity (Wildman–Crippen MR) is 110 cm³/mol. The number of benzene rings is 2. The molecule has 1 N–H and O–H groups in total. The van der Waals surface area contributed by atoms with Crippen LogP contribution in [0.25, 0.3) is 11.1 Å². The standard InChI is InChI=1S/C22H23ClN2O3/c1-28-12-11-25(22(27)20-13-16(14-23)15-24-20)21(26)19-9-7-18(8-10-19)17-5-3-2-4-6-17/h2-10,14,20,24H,11-13,15H2,1H3. The van der Waals surface area contributed by atoms with Gasteiger partial charge in [0.2, 0.25) is 5.91 Å². The summed E-state index contributed by atoms with van der Waals surface area (Å²) in [6, 6.07) is 16.8. The quantitative estimate of drug-likeness (QED) is 0.757. The van der Waals surface area contributed by atoms with Gasteiger partial charge in [0.25, 0.3) is 5.91 Å². The van der Waals surface area contributed by atoms with Crippen LogP contribution in [0.4, 0.5) is 0 Å². The molecule has 0 spiro atoms. The average Bonchev–Trinajstić information content (AvgIpc) is 3.24. The maximum absolute atomic E-state index is 13.0. The Morgan fingerprint density at radius 1 is 1.14 bits per heavy atom. The highest BCUT2D eigenvalue weighted by Crippen LogP contribution is 2.21. The number of hydrogen-bond acceptors (Lipinski definition) is 4. The fourth-order valence-electron chi connectivity index (χ4n) is 3.19. The highest BCUT2D eigenvalue weighted by molar-refractivity contribution is 6.25. The zero-order valence-electron chi connectivity index (χ0n) is 15.7. The highest BCUT2D eigenvalue weighted by Gasteiger charge is 2.32. The van der Waals surface area contributed by atoms with Crippen molar-refractivity contribution < 1.29 is 14.3 Å². The molecule has 146 valence electrons. The van der Waals surface area contributed by atoms with E-state index < -0.39 is 6.04 Å². The van der Waals surface area contributed by atoms with Crippen molar-refractivity contribution >= 4 is 23.4 Å². The van der Waals surface area contributed by atoms with Crippen LogP contribution in [0.2, 0.25) is 0 Å². The van der Waals surface area contributed by atoms with Crippen molar-refractivity contribution in [1.29, 1.82) is 0 Å². The van der Waals surface area contributed by atoms with Crippen LogP contribution in [0.1, 0.15) is 16.8 Å². The SMILES string of the molecule is COCCN(C(=O)c1ccc(-c2ccccc2)cc1)C(=O)C1CC(=CCl)CN1. The van der Waals surface area contributed by atoms with Gasteiger partial charge in [-0.25, -0.2) is 0 Å². The fraction of sp³-hybridized carbons (Fsp3) is 0.273. The van der Waals surface area contributed by atoms with Gasteiger partial charge in [-0.1, -0.05) is 54.1 Å². The summed E-state index contributed by atoms with van der Waals surface area (Å²) < 4.78 is 5.09. The van der Waals surface area contributed by atoms with Crippen LogP contribution in [0, 0.1) is 0 Å². The topological polar surface area (TPSA) is 58.6 Å². The lowest BCUT2D eigenvalue weighted by Crippen LogP contribution is -2.47. The molecule has 0 saturated carbocycles. The summed E-state index contributed by atoms with van der Waals surface area (Å²) in [4.78, 5) is 27.2. The first-order valence-corrected chi connectivity index (χ1v) is 9.59. The molecule has 0 radical (unpaired) electrons. The van der Waals surface area contributed by atoms with E-state index in [0.29, 0.717) is 18.5 Å². The molecule has 0 bridgehead atoms. The molecular weight excluding hydrogens is 376 g/mol. The van der Waals surface area contributed by atoms with Crippen LogP contribution in [0.15, 0.2) is 65.7 Å². The Kier molecular flexibility index (Phi) is 6.98. The van der Waals surface area contributed by atoms with Gasteiger partial charge in [0.05, 0.1) is 19.2 Å². The summed E-state index contributed by atoms with van der Waals surface area (Å²) in [6.45, 7) is 1.04. The van der Waals surface area contributed by atoms with E-state index in [1.54, 1.807) is 19.2 Å². The first-order valence-electron chi connectivity index (χ1n) is 9.15. The van der Waals surface area contributed by atoms with Crippen LogP contribution >= 0.6 is 11.6 Å². The number of methoxy groups -OCH3 is 1. The number of carbonyl (C=O) groups is 2. The molecular formula is C22H23ClN2O3. The summed E-state index contributed by atoms with van der Waals surface area (Å²) in [5.74, 6) is -0.588. The van der Waals surface area contributed by atoms with Gasteiger partial charge in [-0.3, -0.25) is 14.5 Å². The molecule has 1 atom stereocenters. The van der Waals surface area contributed by atoms with Crippen LogP contribution < -0.4 is 5.32 Å². The molecule has 28 heavy (non-hydrogen) atoms. The van der Waals surface area contributed by atoms with Crippen LogP contribution in [-0.2, 0) is 9.53 Å². The van der Waals surface area contributed by atoms with Crippen molar-refractivity contribution in [3.63, 3.8) is 0 Å². The second-order valence-corrected chi connectivity index (χ2v) is 6.85. The molecule has 1 aliphatic rings. The maximum Gasteiger partial charge on any atom is 0.260 e. The normalized spacial score (nSPS) is 17.6. The smallest absolute Gasteiger partial charge is 0.260 e. The van der Waals surface area contributed by atoms with Gasteiger partial charge in [-0.2, -0.15) is 0 Å². The van der Waals surface area contributed by atoms with Gasteiger partial charge < -0.3 is 10.1 Å². The summed E-state index contributed by atoms with van der Waals surface area (Å²) in [5, 5.41) is 3.11. The Balaban J connectivity index is 1.78. The number of halogens is 1. The molecule has 5 nitrogen and oxygen atoms in total. The number of nitrogens with zero attached hydrogens (tertiary/aromatic N) is 1. The second kappa shape index (κ2) is 9.64. The molecule has 1 fully saturated rings. The van der Waals surface area contributed by atoms with E-state index in [1.807, 2.05) is 42.5 Å². The summed E-state index contributed by atoms with van der Waals surface area (Å²) in [5.41, 5.74) is 5.00. The minimum atomic E-state index is -0.450. The predicted octanol–water partition coefficient (Wildman–Crippen LogP) is 3.45. The van der Waals surface area contributed by atoms with E-state index >= 15 is 0 Å². The van der Waals surface area contributed by atoms with Crippen LogP contribution in [-0.4, -0.2) is 49.6 Å². The van der Waals surface area contributed by atoms with Crippen molar-refractivity contribution in [3.05, 3.63) is 71.3 Å². The highest BCUT2D eigenvalue weighted by atomic mass is 35.5. The molecule has 2 aromatic carbocycles. The molecule has 1 saturated heterocycles. The number of nitrogens with one attached hydrogen (secondary N) is 1. The molecule has 3 rings (SSSR count). The number of imide groups is 1. The Labute approximate surface area is 169 Å². The zero-order valence-corrected chi connectivity index (χ0v) is 16.5. The monoisotopic (exact) mass is 398 g/mol. The van der Waals surface area contributed by atoms with Gasteiger partial charge in [-0.15, -0.1) is 0 Å². The van der Waals surface area contributed by atoms with Crippen LogP contribution in [0.3, 0.4) is 0 Å². The lowest BCUT2D eigenvalue weighted by molar-refractivity contribution is -0.130. The Morgan fingerprint density at radius 2 is 1.82 bits per heavy atom. The van der Waals surface area contributed by atoms with E-state index in [1.165, 1.54) is 10.4 Å². The van der Waals surface area contributed by atoms with Crippen molar-refractivity contribution in [2.24, 2.45) is 0 Å². The summed E-state index contributed by atoms with van der Waals surface area (Å²) >= 11 is 5.75. The number of ether oxygens (including phenoxy) is 1. The molecule has 2 aromatic rings. The number of amides is 2. The van der Waals surface area contributed by atoms with Gasteiger partial charge in [-0.05, 0) is 35.3 Å². The van der Waals surface area contributed by atoms with E-state index in [0.717, 1.165) is 16.7 Å². The molecule has 2 amide bonds. The molecule has 0 aromatic heterocycles. The van der Waals surface area contributed by atoms with Crippen molar-refractivity contribution in [2.45, 2.75) is 12.5 Å². The maximum atomic E-state index is 13.0. The molecule has 0 aliphatic carbocycles. The molecule has 1 aliphatic heterocycles. The first-order chi connectivity index (χ1) is 13.6. The largest absolute Gasteiger partial charge is 0.383 e. The van der Waals surface area contributed by atoms with Gasteiger partial charge >= 0.3 is 0 Å². The first kappa shape index (κ1) is 20.3. The van der Waals surface area contributed by atoms with Gasteiger partial charge in [0.15, 0.2) is 0 Å². The minimum Gasteiger partial charge on any atom is -0.383 e. The fourth-order valence-corrected chi connectivity index (χ4v) is 3.36. The van der Waals surface area contributed by atoms with E-state index in [-0.39, 0.29) is 25.0 Å². The summed E-state index contributed by atoms with van der Waals surface area (Å²) in [6.07, 6.45) is 0.506. The van der Waals surface area contributed by atoms with Crippen molar-refractivity contribution in [1.82, 2.24) is 10.2 Å². The third kappa shape index (κ3) is 4.68. The lowest BCUT2D eigenvalue weighted by atomic mass is 10.0. The second-order valence-electron chi connectivity index (χ2n) is 6.64. The third-order valence-corrected chi connectivity index (χ3v) is 5.07. The van der Waals surface area contributed by atoms with Gasteiger partial charge in [0.1, 0.15) is 0 Å². The Bertz CT molecular complexity index is 850. The average molecular weight is 399 g/mol. The summed E-state index contributed by atoms with van der Waals surface area (Å²) in [7, 11) is 1.55. The van der Waals surface area contributed by atoms with E-state index in [4.69, 9.17) is 16.3 Å². The minimum absolute atomic E-state index is 0.201. The zero-order chi connectivity index (χ0) is 19.9. The molecule has 1 unspecified atom stereocenters. The number of rotatable bonds is 6. The van der Waals surface area contributed by atoms with Gasteiger partial charge in [0, 0.05) is 24.8 Å².